The normalized spacial score (nSPS) is 13.2. The zero-order chi connectivity index (χ0) is 43.7. The largest absolute Gasteiger partial charge is 0.465 e. The monoisotopic (exact) mass is 846 g/mol. The van der Waals surface area contributed by atoms with Crippen molar-refractivity contribution in [1.82, 2.24) is 14.5 Å². The Hall–Kier alpha value is -1.93. The molecule has 0 saturated carbocycles. The quantitative estimate of drug-likeness (QED) is 0.0516. The Bertz CT molecular complexity index is 1100. The van der Waals surface area contributed by atoms with Crippen LogP contribution >= 0.6 is 0 Å². The van der Waals surface area contributed by atoms with Crippen LogP contribution in [0.2, 0.25) is 0 Å². The van der Waals surface area contributed by atoms with Gasteiger partial charge in [-0.05, 0) is 77.3 Å². The van der Waals surface area contributed by atoms with Gasteiger partial charge in [0.15, 0.2) is 0 Å². The van der Waals surface area contributed by atoms with Crippen LogP contribution in [-0.4, -0.2) is 70.4 Å². The first kappa shape index (κ1) is 56.1. The summed E-state index contributed by atoms with van der Waals surface area (Å²) >= 11 is 0. The number of aliphatic hydroxyl groups is 1. The molecule has 1 aromatic rings. The van der Waals surface area contributed by atoms with Gasteiger partial charge in [-0.1, -0.05) is 176 Å². The number of esters is 2. The second-order valence-corrected chi connectivity index (χ2v) is 18.1. The number of hydrogen-bond acceptors (Lipinski definition) is 7. The zero-order valence-corrected chi connectivity index (χ0v) is 40.4. The van der Waals surface area contributed by atoms with Gasteiger partial charge in [0.1, 0.15) is 5.82 Å². The number of carbonyl (C=O) groups excluding carboxylic acids is 2. The van der Waals surface area contributed by atoms with Crippen molar-refractivity contribution in [1.29, 1.82) is 0 Å². The highest BCUT2D eigenvalue weighted by Gasteiger charge is 2.21. The molecule has 0 bridgehead atoms. The van der Waals surface area contributed by atoms with E-state index < -0.39 is 6.10 Å². The van der Waals surface area contributed by atoms with E-state index in [1.165, 1.54) is 103 Å². The molecular weight excluding hydrogens is 747 g/mol. The lowest BCUT2D eigenvalue weighted by atomic mass is 9.94. The van der Waals surface area contributed by atoms with Gasteiger partial charge in [0, 0.05) is 31.9 Å². The van der Waals surface area contributed by atoms with Gasteiger partial charge >= 0.3 is 11.9 Å². The molecule has 3 unspecified atom stereocenters. The van der Waals surface area contributed by atoms with Crippen LogP contribution in [0, 0.1) is 11.8 Å². The van der Waals surface area contributed by atoms with Crippen LogP contribution in [0.25, 0.3) is 0 Å². The van der Waals surface area contributed by atoms with Crippen LogP contribution in [0.15, 0.2) is 12.4 Å². The minimum absolute atomic E-state index is 0.000406. The number of imidazole rings is 1. The van der Waals surface area contributed by atoms with Crippen molar-refractivity contribution in [3.8, 4) is 0 Å². The molecule has 1 N–H and O–H groups in total. The van der Waals surface area contributed by atoms with E-state index in [0.717, 1.165) is 135 Å². The fraction of sp³-hybridized carbons (Fsp3) is 0.904. The molecule has 0 aromatic carbocycles. The number of nitrogens with zero attached hydrogens (tertiary/aromatic N) is 3. The molecule has 60 heavy (non-hydrogen) atoms. The molecule has 352 valence electrons. The average Bonchev–Trinajstić information content (AvgIpc) is 3.71. The highest BCUT2D eigenvalue weighted by atomic mass is 16.5. The molecule has 3 atom stereocenters. The lowest BCUT2D eigenvalue weighted by Gasteiger charge is -2.25. The Morgan fingerprint density at radius 1 is 0.550 bits per heavy atom. The van der Waals surface area contributed by atoms with E-state index in [-0.39, 0.29) is 23.8 Å². The number of aliphatic hydroxyl groups excluding tert-OH is 1. The third-order valence-electron chi connectivity index (χ3n) is 12.5. The zero-order valence-electron chi connectivity index (χ0n) is 40.4. The van der Waals surface area contributed by atoms with E-state index >= 15 is 0 Å². The molecule has 8 nitrogen and oxygen atoms in total. The van der Waals surface area contributed by atoms with Crippen LogP contribution in [0.5, 0.6) is 0 Å². The molecule has 0 aliphatic heterocycles. The van der Waals surface area contributed by atoms with Gasteiger partial charge in [-0.25, -0.2) is 4.98 Å². The van der Waals surface area contributed by atoms with Crippen LogP contribution in [0.1, 0.15) is 246 Å². The molecule has 1 aromatic heterocycles. The number of ether oxygens (including phenoxy) is 2. The summed E-state index contributed by atoms with van der Waals surface area (Å²) in [6.07, 6.45) is 40.4. The number of aromatic nitrogens is 2. The van der Waals surface area contributed by atoms with Gasteiger partial charge in [-0.15, -0.1) is 0 Å². The summed E-state index contributed by atoms with van der Waals surface area (Å²) in [4.78, 5) is 33.1. The second kappa shape index (κ2) is 41.1. The van der Waals surface area contributed by atoms with Crippen molar-refractivity contribution >= 4 is 11.9 Å². The summed E-state index contributed by atoms with van der Waals surface area (Å²) in [7, 11) is 0. The Kier molecular flexibility index (Phi) is 38.4. The maximum Gasteiger partial charge on any atom is 0.308 e. The Morgan fingerprint density at radius 2 is 0.950 bits per heavy atom. The first-order chi connectivity index (χ1) is 29.4. The Morgan fingerprint density at radius 3 is 1.45 bits per heavy atom. The second-order valence-electron chi connectivity index (χ2n) is 18.1. The minimum atomic E-state index is -0.398. The Labute approximate surface area is 371 Å². The molecule has 0 aliphatic rings. The summed E-state index contributed by atoms with van der Waals surface area (Å²) in [6, 6.07) is 0. The van der Waals surface area contributed by atoms with E-state index in [9.17, 15) is 14.7 Å². The van der Waals surface area contributed by atoms with Crippen molar-refractivity contribution in [2.45, 2.75) is 259 Å². The van der Waals surface area contributed by atoms with Gasteiger partial charge in [-0.2, -0.15) is 0 Å². The highest BCUT2D eigenvalue weighted by molar-refractivity contribution is 5.72. The van der Waals surface area contributed by atoms with Crippen molar-refractivity contribution < 1.29 is 24.2 Å². The van der Waals surface area contributed by atoms with Crippen LogP contribution in [0.3, 0.4) is 0 Å². The van der Waals surface area contributed by atoms with Crippen LogP contribution < -0.4 is 0 Å². The van der Waals surface area contributed by atoms with Crippen LogP contribution in [0.4, 0.5) is 0 Å². The van der Waals surface area contributed by atoms with Crippen molar-refractivity contribution in [2.75, 3.05) is 32.8 Å². The molecular formula is C52H99N3O5. The van der Waals surface area contributed by atoms with Gasteiger partial charge in [0.05, 0.1) is 31.2 Å². The highest BCUT2D eigenvalue weighted by Crippen LogP contribution is 2.22. The van der Waals surface area contributed by atoms with Gasteiger partial charge in [-0.3, -0.25) is 9.59 Å². The number of carbonyl (C=O) groups is 2. The lowest BCUT2D eigenvalue weighted by molar-refractivity contribution is -0.150. The maximum atomic E-state index is 13.1. The Balaban J connectivity index is 2.52. The van der Waals surface area contributed by atoms with Crippen molar-refractivity contribution in [3.05, 3.63) is 18.2 Å². The summed E-state index contributed by atoms with van der Waals surface area (Å²) in [6.45, 7) is 15.6. The van der Waals surface area contributed by atoms with Gasteiger partial charge < -0.3 is 24.0 Å². The van der Waals surface area contributed by atoms with E-state index in [2.05, 4.69) is 55.3 Å². The summed E-state index contributed by atoms with van der Waals surface area (Å²) in [5, 5.41) is 11.1. The van der Waals surface area contributed by atoms with Crippen LogP contribution in [-0.2, 0) is 32.0 Å². The van der Waals surface area contributed by atoms with Gasteiger partial charge in [0.25, 0.3) is 0 Å². The molecule has 8 heteroatoms. The van der Waals surface area contributed by atoms with Gasteiger partial charge in [0.2, 0.25) is 0 Å². The van der Waals surface area contributed by atoms with Crippen molar-refractivity contribution in [3.63, 3.8) is 0 Å². The standard InChI is InChI=1S/C52H99N3O5/c1-6-11-15-19-21-27-36-47(34-25-17-13-8-3)51(57)59-44-31-24-23-30-40-54(41-33-42-55-43-39-53-50(55)10-5)46-49(56)38-29-32-45-60-52(58)48(35-26-18-14-9-4)37-28-22-20-16-12-7-2/h39,43,47-49,56H,6-38,40-42,44-46H2,1-5H3. The molecule has 0 spiro atoms. The summed E-state index contributed by atoms with van der Waals surface area (Å²) in [5.74, 6) is 1.26. The third-order valence-corrected chi connectivity index (χ3v) is 12.5. The van der Waals surface area contributed by atoms with E-state index in [4.69, 9.17) is 9.47 Å². The average molecular weight is 846 g/mol. The molecule has 0 aliphatic carbocycles. The first-order valence-electron chi connectivity index (χ1n) is 26.1. The van der Waals surface area contributed by atoms with Crippen molar-refractivity contribution in [2.24, 2.45) is 11.8 Å². The summed E-state index contributed by atoms with van der Waals surface area (Å²) in [5.41, 5.74) is 0. The lowest BCUT2D eigenvalue weighted by Crippen LogP contribution is -2.34. The fourth-order valence-electron chi connectivity index (χ4n) is 8.60. The number of rotatable bonds is 45. The first-order valence-corrected chi connectivity index (χ1v) is 26.1. The SMILES string of the molecule is CCCCCCCCC(CCCCCC)C(=O)OCCCCCCN(CCCn1ccnc1CC)CC(O)CCCCOC(=O)C(CCCCCC)CCCCCCCC. The molecule has 1 rings (SSSR count). The van der Waals surface area contributed by atoms with E-state index in [0.29, 0.717) is 19.8 Å². The maximum absolute atomic E-state index is 13.1. The summed E-state index contributed by atoms with van der Waals surface area (Å²) < 4.78 is 13.9. The van der Waals surface area contributed by atoms with E-state index in [1.54, 1.807) is 0 Å². The number of unbranched alkanes of at least 4 members (excludes halogenated alkanes) is 20. The topological polar surface area (TPSA) is 93.9 Å². The minimum Gasteiger partial charge on any atom is -0.465 e. The molecule has 1 heterocycles. The molecule has 0 amide bonds. The predicted molar refractivity (Wildman–Crippen MR) is 253 cm³/mol. The molecule has 0 saturated heterocycles. The fourth-order valence-corrected chi connectivity index (χ4v) is 8.60. The third kappa shape index (κ3) is 31.0. The number of hydrogen-bond donors (Lipinski definition) is 1. The predicted octanol–water partition coefficient (Wildman–Crippen LogP) is 14.0. The molecule has 0 radical (unpaired) electrons. The smallest absolute Gasteiger partial charge is 0.308 e. The number of aryl methyl sites for hydroxylation is 2. The van der Waals surface area contributed by atoms with E-state index in [1.807, 2.05) is 6.20 Å². The molecule has 0 fully saturated rings.